The van der Waals surface area contributed by atoms with Crippen LogP contribution in [-0.4, -0.2) is 28.0 Å². The summed E-state index contributed by atoms with van der Waals surface area (Å²) in [5.41, 5.74) is 5.06. The van der Waals surface area contributed by atoms with Crippen molar-refractivity contribution in [1.82, 2.24) is 15.0 Å². The zero-order valence-electron chi connectivity index (χ0n) is 18.0. The largest absolute Gasteiger partial charge is 0.366 e. The Balaban J connectivity index is 1.26. The lowest BCUT2D eigenvalue weighted by Crippen LogP contribution is -2.21. The molecule has 2 aromatic carbocycles. The zero-order chi connectivity index (χ0) is 21.9. The number of fused-ring (bicyclic) bond motifs is 1. The quantitative estimate of drug-likeness (QED) is 0.383. The molecule has 0 radical (unpaired) electrons. The van der Waals surface area contributed by atoms with Gasteiger partial charge in [0.05, 0.1) is 5.52 Å². The highest BCUT2D eigenvalue weighted by molar-refractivity contribution is 6.31. The molecule has 0 amide bonds. The number of aromatic nitrogens is 3. The summed E-state index contributed by atoms with van der Waals surface area (Å²) < 4.78 is 0. The predicted octanol–water partition coefficient (Wildman–Crippen LogP) is 5.94. The third-order valence-electron chi connectivity index (χ3n) is 5.64. The fraction of sp³-hybridized carbons (Fsp3) is 0.240. The van der Waals surface area contributed by atoms with Crippen molar-refractivity contribution in [2.24, 2.45) is 0 Å². The first kappa shape index (κ1) is 20.5. The van der Waals surface area contributed by atoms with Crippen molar-refractivity contribution in [3.8, 4) is 0 Å². The molecule has 0 saturated carbocycles. The van der Waals surface area contributed by atoms with Crippen LogP contribution in [0.15, 0.2) is 60.8 Å². The SMILES string of the molecule is Cc1cc(NCc2ccc(Nc3ccnc4cc(Cl)ccc34)cc2)nc(N2CCCC2)n1. The van der Waals surface area contributed by atoms with Crippen molar-refractivity contribution in [1.29, 1.82) is 0 Å². The second-order valence-electron chi connectivity index (χ2n) is 8.08. The summed E-state index contributed by atoms with van der Waals surface area (Å²) in [6.07, 6.45) is 4.21. The van der Waals surface area contributed by atoms with Gasteiger partial charge in [-0.1, -0.05) is 23.7 Å². The number of pyridine rings is 1. The summed E-state index contributed by atoms with van der Waals surface area (Å²) in [5, 5.41) is 8.65. The van der Waals surface area contributed by atoms with Crippen molar-refractivity contribution in [3.05, 3.63) is 77.1 Å². The van der Waals surface area contributed by atoms with Gasteiger partial charge in [0.15, 0.2) is 0 Å². The van der Waals surface area contributed by atoms with E-state index < -0.39 is 0 Å². The monoisotopic (exact) mass is 444 g/mol. The smallest absolute Gasteiger partial charge is 0.227 e. The Morgan fingerprint density at radius 2 is 1.78 bits per heavy atom. The number of nitrogens with zero attached hydrogens (tertiary/aromatic N) is 4. The number of rotatable bonds is 6. The number of aryl methyl sites for hydroxylation is 1. The second-order valence-corrected chi connectivity index (χ2v) is 8.52. The first-order valence-electron chi connectivity index (χ1n) is 10.9. The van der Waals surface area contributed by atoms with Crippen molar-refractivity contribution in [2.45, 2.75) is 26.3 Å². The van der Waals surface area contributed by atoms with Gasteiger partial charge in [-0.2, -0.15) is 4.98 Å². The summed E-state index contributed by atoms with van der Waals surface area (Å²) in [6.45, 7) is 4.80. The van der Waals surface area contributed by atoms with Crippen molar-refractivity contribution in [2.75, 3.05) is 28.6 Å². The molecule has 1 fully saturated rings. The number of nitrogens with one attached hydrogen (secondary N) is 2. The van der Waals surface area contributed by atoms with E-state index in [-0.39, 0.29) is 0 Å². The molecule has 3 heterocycles. The van der Waals surface area contributed by atoms with Crippen LogP contribution in [0.2, 0.25) is 5.02 Å². The van der Waals surface area contributed by atoms with Gasteiger partial charge in [-0.05, 0) is 61.7 Å². The minimum absolute atomic E-state index is 0.686. The van der Waals surface area contributed by atoms with E-state index in [1.165, 1.54) is 18.4 Å². The Hall–Kier alpha value is -3.38. The minimum Gasteiger partial charge on any atom is -0.366 e. The Morgan fingerprint density at radius 3 is 2.59 bits per heavy atom. The Kier molecular flexibility index (Phi) is 5.77. The van der Waals surface area contributed by atoms with Crippen LogP contribution < -0.4 is 15.5 Å². The first-order valence-corrected chi connectivity index (χ1v) is 11.3. The molecule has 0 unspecified atom stereocenters. The topological polar surface area (TPSA) is 66.0 Å². The van der Waals surface area contributed by atoms with Crippen LogP contribution in [-0.2, 0) is 6.54 Å². The summed E-state index contributed by atoms with van der Waals surface area (Å²) in [6, 6.07) is 18.1. The molecule has 1 aliphatic rings. The van der Waals surface area contributed by atoms with Gasteiger partial charge in [0, 0.05) is 59.4 Å². The molecule has 2 aromatic heterocycles. The number of benzene rings is 2. The lowest BCUT2D eigenvalue weighted by molar-refractivity contribution is 0.887. The molecule has 1 saturated heterocycles. The van der Waals surface area contributed by atoms with E-state index in [0.29, 0.717) is 11.6 Å². The van der Waals surface area contributed by atoms with E-state index in [4.69, 9.17) is 16.6 Å². The number of hydrogen-bond acceptors (Lipinski definition) is 6. The third kappa shape index (κ3) is 4.60. The average Bonchev–Trinajstić information content (AvgIpc) is 3.33. The maximum Gasteiger partial charge on any atom is 0.227 e. The second kappa shape index (κ2) is 9.01. The van der Waals surface area contributed by atoms with E-state index in [2.05, 4.69) is 49.8 Å². The van der Waals surface area contributed by atoms with Crippen LogP contribution >= 0.6 is 11.6 Å². The molecule has 6 nitrogen and oxygen atoms in total. The average molecular weight is 445 g/mol. The lowest BCUT2D eigenvalue weighted by atomic mass is 10.1. The van der Waals surface area contributed by atoms with E-state index in [1.807, 2.05) is 37.3 Å². The van der Waals surface area contributed by atoms with Crippen molar-refractivity contribution < 1.29 is 0 Å². The van der Waals surface area contributed by atoms with Crippen LogP contribution in [0, 0.1) is 6.92 Å². The van der Waals surface area contributed by atoms with Gasteiger partial charge < -0.3 is 15.5 Å². The predicted molar refractivity (Wildman–Crippen MR) is 132 cm³/mol. The van der Waals surface area contributed by atoms with Gasteiger partial charge in [-0.3, -0.25) is 4.98 Å². The third-order valence-corrected chi connectivity index (χ3v) is 5.88. The molecule has 7 heteroatoms. The van der Waals surface area contributed by atoms with E-state index in [0.717, 1.165) is 52.8 Å². The molecule has 2 N–H and O–H groups in total. The van der Waals surface area contributed by atoms with Crippen molar-refractivity contribution in [3.63, 3.8) is 0 Å². The molecule has 0 atom stereocenters. The van der Waals surface area contributed by atoms with Gasteiger partial charge in [-0.25, -0.2) is 4.98 Å². The van der Waals surface area contributed by atoms with Crippen LogP contribution in [0.1, 0.15) is 24.1 Å². The summed E-state index contributed by atoms with van der Waals surface area (Å²) in [4.78, 5) is 16.0. The fourth-order valence-corrected chi connectivity index (χ4v) is 4.15. The molecule has 162 valence electrons. The lowest BCUT2D eigenvalue weighted by Gasteiger charge is -2.17. The molecular formula is C25H25ClN6. The minimum atomic E-state index is 0.686. The Bertz CT molecular complexity index is 1240. The standard InChI is InChI=1S/C25H25ClN6/c1-17-14-24(31-25(29-17)32-12-2-3-13-32)28-16-18-4-7-20(8-5-18)30-22-10-11-27-23-15-19(26)6-9-21(22)23/h4-11,14-15H,2-3,12-13,16H2,1H3,(H,27,30)(H,28,29,31). The molecule has 32 heavy (non-hydrogen) atoms. The van der Waals surface area contributed by atoms with Gasteiger partial charge in [0.2, 0.25) is 5.95 Å². The molecule has 0 spiro atoms. The summed E-state index contributed by atoms with van der Waals surface area (Å²) >= 11 is 6.10. The highest BCUT2D eigenvalue weighted by atomic mass is 35.5. The van der Waals surface area contributed by atoms with Gasteiger partial charge in [-0.15, -0.1) is 0 Å². The van der Waals surface area contributed by atoms with E-state index >= 15 is 0 Å². The highest BCUT2D eigenvalue weighted by Crippen LogP contribution is 2.27. The van der Waals surface area contributed by atoms with Crippen LogP contribution in [0.3, 0.4) is 0 Å². The summed E-state index contributed by atoms with van der Waals surface area (Å²) in [7, 11) is 0. The van der Waals surface area contributed by atoms with E-state index in [1.54, 1.807) is 6.20 Å². The molecule has 5 rings (SSSR count). The molecule has 0 bridgehead atoms. The number of hydrogen-bond donors (Lipinski definition) is 2. The Labute approximate surface area is 192 Å². The van der Waals surface area contributed by atoms with Crippen molar-refractivity contribution >= 4 is 45.6 Å². The zero-order valence-corrected chi connectivity index (χ0v) is 18.7. The number of anilines is 4. The maximum absolute atomic E-state index is 6.10. The van der Waals surface area contributed by atoms with Crippen LogP contribution in [0.4, 0.5) is 23.1 Å². The number of halogens is 1. The van der Waals surface area contributed by atoms with E-state index in [9.17, 15) is 0 Å². The molecule has 0 aliphatic carbocycles. The van der Waals surface area contributed by atoms with Gasteiger partial charge in [0.1, 0.15) is 5.82 Å². The molecule has 4 aromatic rings. The van der Waals surface area contributed by atoms with Crippen LogP contribution in [0.5, 0.6) is 0 Å². The van der Waals surface area contributed by atoms with Crippen LogP contribution in [0.25, 0.3) is 10.9 Å². The molecule has 1 aliphatic heterocycles. The van der Waals surface area contributed by atoms with Gasteiger partial charge >= 0.3 is 0 Å². The summed E-state index contributed by atoms with van der Waals surface area (Å²) in [5.74, 6) is 1.69. The highest BCUT2D eigenvalue weighted by Gasteiger charge is 2.15. The first-order chi connectivity index (χ1) is 15.6. The van der Waals surface area contributed by atoms with Gasteiger partial charge in [0.25, 0.3) is 0 Å². The molecular weight excluding hydrogens is 420 g/mol. The fourth-order valence-electron chi connectivity index (χ4n) is 3.99. The maximum atomic E-state index is 6.10. The normalized spacial score (nSPS) is 13.5. The Morgan fingerprint density at radius 1 is 0.969 bits per heavy atom.